The Morgan fingerprint density at radius 3 is 2.69 bits per heavy atom. The molecule has 1 aromatic rings. The van der Waals surface area contributed by atoms with Gasteiger partial charge in [-0.25, -0.2) is 0 Å². The molecule has 2 fully saturated rings. The highest BCUT2D eigenvalue weighted by atomic mass is 35.5. The van der Waals surface area contributed by atoms with Crippen molar-refractivity contribution in [3.8, 4) is 0 Å². The topological polar surface area (TPSA) is 96.4 Å². The van der Waals surface area contributed by atoms with Crippen molar-refractivity contribution in [2.75, 3.05) is 31.2 Å². The first-order chi connectivity index (χ1) is 17.2. The van der Waals surface area contributed by atoms with Gasteiger partial charge in [0, 0.05) is 19.7 Å². The summed E-state index contributed by atoms with van der Waals surface area (Å²) in [5.41, 5.74) is -1.08. The molecule has 2 amide bonds. The summed E-state index contributed by atoms with van der Waals surface area (Å²) in [5.74, 6) is -3.02. The monoisotopic (exact) mass is 514 g/mol. The third-order valence-corrected chi connectivity index (χ3v) is 8.07. The summed E-state index contributed by atoms with van der Waals surface area (Å²) < 4.78 is 12.3. The zero-order valence-electron chi connectivity index (χ0n) is 20.5. The summed E-state index contributed by atoms with van der Waals surface area (Å²) in [6.07, 6.45) is 9.10. The molecule has 192 valence electrons. The molecular formula is C27H31ClN2O6. The minimum Gasteiger partial charge on any atom is -0.465 e. The average Bonchev–Trinajstić information content (AvgIpc) is 3.18. The number of hydrogen-bond acceptors (Lipinski definition) is 6. The van der Waals surface area contributed by atoms with Crippen LogP contribution in [-0.4, -0.2) is 71.3 Å². The van der Waals surface area contributed by atoms with Gasteiger partial charge >= 0.3 is 5.97 Å². The van der Waals surface area contributed by atoms with E-state index in [9.17, 15) is 19.5 Å². The van der Waals surface area contributed by atoms with Crippen LogP contribution in [0.1, 0.15) is 31.7 Å². The van der Waals surface area contributed by atoms with Gasteiger partial charge in [0.2, 0.25) is 5.91 Å². The Balaban J connectivity index is 1.66. The van der Waals surface area contributed by atoms with Gasteiger partial charge in [-0.3, -0.25) is 14.4 Å². The highest BCUT2D eigenvalue weighted by Gasteiger charge is 2.74. The van der Waals surface area contributed by atoms with Crippen LogP contribution in [0.5, 0.6) is 0 Å². The number of carbonyl (C=O) groups excluding carboxylic acids is 3. The van der Waals surface area contributed by atoms with Crippen LogP contribution in [0, 0.1) is 18.8 Å². The maximum atomic E-state index is 14.3. The van der Waals surface area contributed by atoms with Crippen LogP contribution < -0.4 is 4.90 Å². The molecule has 4 heterocycles. The fourth-order valence-electron chi connectivity index (χ4n) is 6.28. The minimum absolute atomic E-state index is 0.141. The Morgan fingerprint density at radius 1 is 1.14 bits per heavy atom. The lowest BCUT2D eigenvalue weighted by atomic mass is 9.74. The molecule has 0 aliphatic carbocycles. The van der Waals surface area contributed by atoms with Crippen LogP contribution in [0.25, 0.3) is 0 Å². The van der Waals surface area contributed by atoms with Crippen molar-refractivity contribution < 1.29 is 29.0 Å². The number of allylic oxidation sites excluding steroid dienone is 1. The van der Waals surface area contributed by atoms with Gasteiger partial charge in [-0.2, -0.15) is 0 Å². The molecule has 0 bridgehead atoms. The van der Waals surface area contributed by atoms with Crippen LogP contribution >= 0.6 is 11.6 Å². The van der Waals surface area contributed by atoms with Crippen LogP contribution in [-0.2, 0) is 23.9 Å². The van der Waals surface area contributed by atoms with Crippen molar-refractivity contribution in [2.24, 2.45) is 11.8 Å². The molecule has 4 aliphatic heterocycles. The number of aliphatic hydroxyl groups is 1. The molecular weight excluding hydrogens is 484 g/mol. The Morgan fingerprint density at radius 2 is 1.94 bits per heavy atom. The Hall–Kier alpha value is -2.68. The van der Waals surface area contributed by atoms with Gasteiger partial charge in [0.25, 0.3) is 5.91 Å². The second-order valence-electron chi connectivity index (χ2n) is 10.1. The third kappa shape index (κ3) is 3.69. The molecule has 0 radical (unpaired) electrons. The van der Waals surface area contributed by atoms with E-state index in [0.717, 1.165) is 5.56 Å². The molecule has 0 saturated carbocycles. The van der Waals surface area contributed by atoms with E-state index >= 15 is 0 Å². The molecule has 9 heteroatoms. The number of halogens is 1. The van der Waals surface area contributed by atoms with E-state index < -0.39 is 35.0 Å². The average molecular weight is 515 g/mol. The van der Waals surface area contributed by atoms with Gasteiger partial charge < -0.3 is 24.4 Å². The lowest BCUT2D eigenvalue weighted by Crippen LogP contribution is -2.56. The number of cyclic esters (lactones) is 1. The lowest BCUT2D eigenvalue weighted by Gasteiger charge is -2.37. The zero-order valence-corrected chi connectivity index (χ0v) is 21.2. The quantitative estimate of drug-likeness (QED) is 0.490. The van der Waals surface area contributed by atoms with Crippen LogP contribution in [0.4, 0.5) is 5.69 Å². The number of anilines is 1. The molecule has 1 spiro atoms. The van der Waals surface area contributed by atoms with E-state index in [1.807, 2.05) is 37.3 Å². The summed E-state index contributed by atoms with van der Waals surface area (Å²) >= 11 is 6.54. The Kier molecular flexibility index (Phi) is 6.47. The van der Waals surface area contributed by atoms with Gasteiger partial charge in [0.1, 0.15) is 17.6 Å². The number of nitrogens with zero attached hydrogens (tertiary/aromatic N) is 2. The van der Waals surface area contributed by atoms with Crippen molar-refractivity contribution in [1.29, 1.82) is 0 Å². The molecule has 4 aliphatic rings. The summed E-state index contributed by atoms with van der Waals surface area (Å²) in [6, 6.07) is 4.40. The predicted octanol–water partition coefficient (Wildman–Crippen LogP) is 2.80. The number of hydrogen-bond donors (Lipinski definition) is 1. The first kappa shape index (κ1) is 25.0. The molecule has 5 rings (SSSR count). The second-order valence-corrected chi connectivity index (χ2v) is 10.5. The fourth-order valence-corrected chi connectivity index (χ4v) is 6.60. The summed E-state index contributed by atoms with van der Waals surface area (Å²) in [6.45, 7) is 4.18. The number of carbonyl (C=O) groups is 3. The normalized spacial score (nSPS) is 34.8. The van der Waals surface area contributed by atoms with E-state index in [2.05, 4.69) is 0 Å². The first-order valence-corrected chi connectivity index (χ1v) is 12.8. The summed E-state index contributed by atoms with van der Waals surface area (Å²) in [7, 11) is 0. The molecule has 1 unspecified atom stereocenters. The van der Waals surface area contributed by atoms with E-state index in [1.165, 1.54) is 4.90 Å². The number of aliphatic hydroxyl groups excluding tert-OH is 1. The van der Waals surface area contributed by atoms with Gasteiger partial charge in [-0.05, 0) is 44.7 Å². The molecule has 8 nitrogen and oxygen atoms in total. The summed E-state index contributed by atoms with van der Waals surface area (Å²) in [4.78, 5) is 44.7. The number of rotatable bonds is 4. The molecule has 36 heavy (non-hydrogen) atoms. The smallest absolute Gasteiger partial charge is 0.313 e. The SMILES string of the molecule is Cc1cccc(Cl)c1N1CC=C[C@]23O[C@@]4(C)/C=C\CCCOC(=O)[C@H]4[C@H]2C(=O)N(CCCO)C3C1=O. The number of benzene rings is 1. The van der Waals surface area contributed by atoms with Crippen molar-refractivity contribution in [2.45, 2.75) is 50.4 Å². The van der Waals surface area contributed by atoms with Crippen molar-refractivity contribution in [3.05, 3.63) is 53.1 Å². The van der Waals surface area contributed by atoms with Gasteiger partial charge in [-0.15, -0.1) is 0 Å². The highest BCUT2D eigenvalue weighted by Crippen LogP contribution is 2.57. The molecule has 1 aromatic carbocycles. The lowest BCUT2D eigenvalue weighted by molar-refractivity contribution is -0.158. The van der Waals surface area contributed by atoms with Crippen molar-refractivity contribution in [3.63, 3.8) is 0 Å². The number of likely N-dealkylation sites (tertiary alicyclic amines) is 1. The molecule has 0 aromatic heterocycles. The number of amides is 2. The molecule has 1 N–H and O–H groups in total. The number of fused-ring (bicyclic) bond motifs is 2. The van der Waals surface area contributed by atoms with E-state index in [1.54, 1.807) is 24.0 Å². The molecule has 2 saturated heterocycles. The highest BCUT2D eigenvalue weighted by molar-refractivity contribution is 6.34. The predicted molar refractivity (Wildman–Crippen MR) is 133 cm³/mol. The fraction of sp³-hybridized carbons (Fsp3) is 0.519. The first-order valence-electron chi connectivity index (χ1n) is 12.5. The van der Waals surface area contributed by atoms with Gasteiger partial charge in [0.05, 0.1) is 28.8 Å². The third-order valence-electron chi connectivity index (χ3n) is 7.77. The standard InChI is InChI=1S/C27H31ClN2O6/c1-17-9-6-10-18(28)21(17)29-13-7-12-27-19(23(32)30(14-8-15-31)22(27)24(29)33)20-25(34)35-16-5-3-4-11-26(20,2)36-27/h4,6-7,9-12,19-20,22,31H,3,5,8,13-16H2,1-2H3/b11-4-/t19-,20+,22?,26-,27-/m0/s1. The van der Waals surface area contributed by atoms with Crippen LogP contribution in [0.15, 0.2) is 42.5 Å². The largest absolute Gasteiger partial charge is 0.465 e. The Labute approximate surface area is 215 Å². The van der Waals surface area contributed by atoms with Crippen LogP contribution in [0.2, 0.25) is 5.02 Å². The molecule has 5 atom stereocenters. The number of ether oxygens (including phenoxy) is 2. The number of esters is 1. The van der Waals surface area contributed by atoms with E-state index in [0.29, 0.717) is 30.0 Å². The minimum atomic E-state index is -1.37. The van der Waals surface area contributed by atoms with Gasteiger partial charge in [-0.1, -0.05) is 48.0 Å². The van der Waals surface area contributed by atoms with Crippen LogP contribution in [0.3, 0.4) is 0 Å². The van der Waals surface area contributed by atoms with Gasteiger partial charge in [0.15, 0.2) is 0 Å². The van der Waals surface area contributed by atoms with E-state index in [4.69, 9.17) is 21.1 Å². The second kappa shape index (κ2) is 9.32. The Bertz CT molecular complexity index is 1130. The van der Waals surface area contributed by atoms with Crippen molar-refractivity contribution in [1.82, 2.24) is 4.90 Å². The van der Waals surface area contributed by atoms with E-state index in [-0.39, 0.29) is 38.1 Å². The summed E-state index contributed by atoms with van der Waals surface area (Å²) in [5, 5.41) is 9.96. The number of aryl methyl sites for hydroxylation is 1. The number of para-hydroxylation sites is 1. The zero-order chi connectivity index (χ0) is 25.7. The maximum absolute atomic E-state index is 14.3. The maximum Gasteiger partial charge on any atom is 0.313 e. The van der Waals surface area contributed by atoms with Crippen molar-refractivity contribution >= 4 is 35.1 Å².